The average molecular weight is 787 g/mol. The van der Waals surface area contributed by atoms with Gasteiger partial charge in [0.1, 0.15) is 11.2 Å². The van der Waals surface area contributed by atoms with Crippen molar-refractivity contribution in [3.63, 3.8) is 0 Å². The molecule has 294 valence electrons. The van der Waals surface area contributed by atoms with Crippen LogP contribution < -0.4 is 4.90 Å². The van der Waals surface area contributed by atoms with Crippen molar-refractivity contribution in [3.05, 3.63) is 193 Å². The summed E-state index contributed by atoms with van der Waals surface area (Å²) in [6, 6.07) is 67.7. The number of hydrogen-bond donors (Lipinski definition) is 0. The van der Waals surface area contributed by atoms with Crippen LogP contribution in [0.3, 0.4) is 0 Å². The summed E-state index contributed by atoms with van der Waals surface area (Å²) in [5.74, 6) is 1.89. The van der Waals surface area contributed by atoms with Gasteiger partial charge in [-0.1, -0.05) is 147 Å². The molecule has 0 saturated heterocycles. The van der Waals surface area contributed by atoms with Crippen molar-refractivity contribution in [2.24, 2.45) is 17.8 Å². The Balaban J connectivity index is 1.12. The summed E-state index contributed by atoms with van der Waals surface area (Å²) in [5.41, 5.74) is 17.0. The molecule has 1 spiro atoms. The van der Waals surface area contributed by atoms with E-state index in [1.54, 1.807) is 0 Å². The van der Waals surface area contributed by atoms with Crippen LogP contribution in [-0.2, 0) is 5.41 Å². The summed E-state index contributed by atoms with van der Waals surface area (Å²) in [6.07, 6.45) is 6.41. The lowest BCUT2D eigenvalue weighted by atomic mass is 9.47. The monoisotopic (exact) mass is 786 g/mol. The van der Waals surface area contributed by atoms with E-state index in [9.17, 15) is 0 Å². The molecule has 0 amide bonds. The zero-order chi connectivity index (χ0) is 40.2. The zero-order valence-corrected chi connectivity index (χ0v) is 34.4. The molecule has 2 fully saturated rings. The van der Waals surface area contributed by atoms with Crippen LogP contribution in [0.1, 0.15) is 50.2 Å². The highest BCUT2D eigenvalue weighted by atomic mass is 16.3. The number of furan rings is 1. The van der Waals surface area contributed by atoms with Gasteiger partial charge >= 0.3 is 0 Å². The SMILES string of the molecule is C[C@@H]1C[C@H]2CCC[C@@H](C1)C21c2ccccc2-n2c3ccccc3c3cc(N(c4cccc(-c5cccc6c5oc5ccccc56)c4)c4ccccc4-c4ccccc4)cc1c32. The van der Waals surface area contributed by atoms with E-state index in [1.165, 1.54) is 87.5 Å². The fourth-order valence-electron chi connectivity index (χ4n) is 12.6. The van der Waals surface area contributed by atoms with Crippen molar-refractivity contribution in [1.29, 1.82) is 0 Å². The molecule has 2 saturated carbocycles. The molecular formula is C58H46N2O. The van der Waals surface area contributed by atoms with Crippen molar-refractivity contribution in [2.45, 2.75) is 44.4 Å². The molecule has 61 heavy (non-hydrogen) atoms. The molecule has 3 nitrogen and oxygen atoms in total. The van der Waals surface area contributed by atoms with Gasteiger partial charge in [0.05, 0.1) is 22.4 Å². The number of anilines is 3. The molecule has 2 bridgehead atoms. The molecule has 8 aromatic carbocycles. The van der Waals surface area contributed by atoms with E-state index in [-0.39, 0.29) is 5.41 Å². The van der Waals surface area contributed by atoms with Gasteiger partial charge in [-0.2, -0.15) is 0 Å². The highest BCUT2D eigenvalue weighted by Gasteiger charge is 2.56. The third-order valence-corrected chi connectivity index (χ3v) is 14.9. The van der Waals surface area contributed by atoms with Crippen LogP contribution in [0.2, 0.25) is 0 Å². The molecule has 1 unspecified atom stereocenters. The Morgan fingerprint density at radius 3 is 2.11 bits per heavy atom. The molecule has 2 aliphatic carbocycles. The van der Waals surface area contributed by atoms with Gasteiger partial charge in [0, 0.05) is 49.5 Å². The molecule has 0 N–H and O–H groups in total. The number of para-hydroxylation sites is 5. The molecule has 10 aromatic rings. The predicted octanol–water partition coefficient (Wildman–Crippen LogP) is 15.9. The molecule has 4 atom stereocenters. The van der Waals surface area contributed by atoms with E-state index in [0.29, 0.717) is 11.8 Å². The number of fused-ring (bicyclic) bond motifs is 8. The first kappa shape index (κ1) is 35.0. The van der Waals surface area contributed by atoms with Crippen molar-refractivity contribution in [3.8, 4) is 27.9 Å². The highest BCUT2D eigenvalue weighted by molar-refractivity contribution is 6.14. The van der Waals surface area contributed by atoms with Gasteiger partial charge in [0.25, 0.3) is 0 Å². The van der Waals surface area contributed by atoms with Crippen LogP contribution in [0.15, 0.2) is 186 Å². The number of hydrogen-bond acceptors (Lipinski definition) is 2. The summed E-state index contributed by atoms with van der Waals surface area (Å²) in [4.78, 5) is 2.56. The zero-order valence-electron chi connectivity index (χ0n) is 34.4. The van der Waals surface area contributed by atoms with Crippen molar-refractivity contribution < 1.29 is 4.42 Å². The van der Waals surface area contributed by atoms with E-state index >= 15 is 0 Å². The summed E-state index contributed by atoms with van der Waals surface area (Å²) in [6.45, 7) is 2.51. The fourth-order valence-corrected chi connectivity index (χ4v) is 12.6. The van der Waals surface area contributed by atoms with Gasteiger partial charge in [-0.15, -0.1) is 0 Å². The number of nitrogens with zero attached hydrogens (tertiary/aromatic N) is 2. The molecule has 0 radical (unpaired) electrons. The second kappa shape index (κ2) is 13.3. The Bertz CT molecular complexity index is 3340. The molecule has 2 aromatic heterocycles. The summed E-state index contributed by atoms with van der Waals surface area (Å²) in [7, 11) is 0. The van der Waals surface area contributed by atoms with E-state index < -0.39 is 0 Å². The van der Waals surface area contributed by atoms with Crippen LogP contribution in [0.25, 0.3) is 71.7 Å². The summed E-state index contributed by atoms with van der Waals surface area (Å²) >= 11 is 0. The number of benzene rings is 8. The minimum absolute atomic E-state index is 0.0661. The maximum atomic E-state index is 6.63. The second-order valence-corrected chi connectivity index (χ2v) is 18.1. The molecule has 1 aliphatic heterocycles. The molecule has 3 heterocycles. The Morgan fingerprint density at radius 2 is 1.23 bits per heavy atom. The van der Waals surface area contributed by atoms with E-state index in [4.69, 9.17) is 4.42 Å². The Labute approximate surface area is 356 Å². The molecule has 13 rings (SSSR count). The number of rotatable bonds is 5. The minimum atomic E-state index is -0.0661. The van der Waals surface area contributed by atoms with Crippen molar-refractivity contribution in [1.82, 2.24) is 4.57 Å². The van der Waals surface area contributed by atoms with Gasteiger partial charge in [0.2, 0.25) is 0 Å². The van der Waals surface area contributed by atoms with Gasteiger partial charge < -0.3 is 13.9 Å². The van der Waals surface area contributed by atoms with E-state index in [2.05, 4.69) is 198 Å². The summed E-state index contributed by atoms with van der Waals surface area (Å²) < 4.78 is 9.25. The van der Waals surface area contributed by atoms with Gasteiger partial charge in [-0.05, 0) is 114 Å². The average Bonchev–Trinajstić information content (AvgIpc) is 3.85. The lowest BCUT2D eigenvalue weighted by Gasteiger charge is -2.57. The number of aromatic nitrogens is 1. The van der Waals surface area contributed by atoms with E-state index in [1.807, 2.05) is 0 Å². The van der Waals surface area contributed by atoms with E-state index in [0.717, 1.165) is 50.4 Å². The lowest BCUT2D eigenvalue weighted by Crippen LogP contribution is -2.52. The van der Waals surface area contributed by atoms with Crippen molar-refractivity contribution in [2.75, 3.05) is 4.90 Å². The smallest absolute Gasteiger partial charge is 0.143 e. The third-order valence-electron chi connectivity index (χ3n) is 14.9. The van der Waals surface area contributed by atoms with Crippen LogP contribution in [-0.4, -0.2) is 4.57 Å². The third kappa shape index (κ3) is 4.98. The normalized spacial score (nSPS) is 20.4. The van der Waals surface area contributed by atoms with Crippen LogP contribution in [0.5, 0.6) is 0 Å². The first-order valence-electron chi connectivity index (χ1n) is 22.3. The topological polar surface area (TPSA) is 21.3 Å². The predicted molar refractivity (Wildman–Crippen MR) is 254 cm³/mol. The Hall–Kier alpha value is -6.84. The van der Waals surface area contributed by atoms with Crippen LogP contribution in [0, 0.1) is 17.8 Å². The largest absolute Gasteiger partial charge is 0.455 e. The van der Waals surface area contributed by atoms with Gasteiger partial charge in [0.15, 0.2) is 0 Å². The second-order valence-electron chi connectivity index (χ2n) is 18.1. The maximum Gasteiger partial charge on any atom is 0.143 e. The first-order valence-corrected chi connectivity index (χ1v) is 22.3. The Kier molecular flexibility index (Phi) is 7.64. The van der Waals surface area contributed by atoms with Crippen LogP contribution >= 0.6 is 0 Å². The van der Waals surface area contributed by atoms with Gasteiger partial charge in [-0.25, -0.2) is 0 Å². The fraction of sp³-hybridized carbons (Fsp3) is 0.172. The molecule has 3 heteroatoms. The summed E-state index contributed by atoms with van der Waals surface area (Å²) in [5, 5.41) is 4.93. The minimum Gasteiger partial charge on any atom is -0.455 e. The maximum absolute atomic E-state index is 6.63. The highest BCUT2D eigenvalue weighted by Crippen LogP contribution is 2.64. The lowest BCUT2D eigenvalue weighted by molar-refractivity contribution is 0.0533. The standard InChI is InChI=1S/C58H46N2O/c1-37-32-40-19-14-20-41(33-37)58(40)50-27-8-11-30-54(50)60-53-29-10-6-23-46(53)49-35-43(36-51(58)56(49)60)59(52-28-9-5-22-44(52)38-16-3-2-4-17-38)42-21-13-18-39(34-42)45-25-15-26-48-47-24-7-12-31-55(47)61-57(45)48/h2-13,15-18,21-31,34-37,40-41H,14,19-20,32-33H2,1H3/t37-,40-,41+,58?. The van der Waals surface area contributed by atoms with Gasteiger partial charge in [-0.3, -0.25) is 0 Å². The quantitative estimate of drug-likeness (QED) is 0.173. The first-order chi connectivity index (χ1) is 30.2. The Morgan fingerprint density at radius 1 is 0.541 bits per heavy atom. The van der Waals surface area contributed by atoms with Crippen molar-refractivity contribution >= 4 is 60.8 Å². The molecular weight excluding hydrogens is 741 g/mol. The van der Waals surface area contributed by atoms with Crippen LogP contribution in [0.4, 0.5) is 17.1 Å². The molecule has 3 aliphatic rings.